The van der Waals surface area contributed by atoms with Gasteiger partial charge in [0, 0.05) is 19.1 Å². The molecule has 2 heterocycles. The van der Waals surface area contributed by atoms with E-state index in [1.165, 1.54) is 39.1 Å². The first kappa shape index (κ1) is 17.2. The molecular weight excluding hydrogens is 307 g/mol. The first-order valence-electron chi connectivity index (χ1n) is 9.06. The highest BCUT2D eigenvalue weighted by molar-refractivity contribution is 5.97. The number of halogens is 1. The molecule has 0 aliphatic carbocycles. The summed E-state index contributed by atoms with van der Waals surface area (Å²) in [4.78, 5) is 17.3. The van der Waals surface area contributed by atoms with Gasteiger partial charge in [0.2, 0.25) is 0 Å². The Labute approximate surface area is 143 Å². The van der Waals surface area contributed by atoms with E-state index in [4.69, 9.17) is 4.74 Å². The van der Waals surface area contributed by atoms with Gasteiger partial charge in [-0.2, -0.15) is 0 Å². The summed E-state index contributed by atoms with van der Waals surface area (Å²) in [5.74, 6) is -0.400. The maximum absolute atomic E-state index is 14.3. The van der Waals surface area contributed by atoms with E-state index in [9.17, 15) is 9.18 Å². The molecule has 0 spiro atoms. The van der Waals surface area contributed by atoms with Gasteiger partial charge in [-0.05, 0) is 63.7 Å². The lowest BCUT2D eigenvalue weighted by Crippen LogP contribution is -2.45. The molecular formula is C19H27FN2O2. The van der Waals surface area contributed by atoms with Gasteiger partial charge in [0.05, 0.1) is 7.11 Å². The van der Waals surface area contributed by atoms with Crippen LogP contribution in [0.1, 0.15) is 48.9 Å². The van der Waals surface area contributed by atoms with E-state index >= 15 is 0 Å². The number of hydrogen-bond donors (Lipinski definition) is 0. The Bertz CT molecular complexity index is 572. The van der Waals surface area contributed by atoms with Crippen molar-refractivity contribution in [1.29, 1.82) is 0 Å². The third-order valence-electron chi connectivity index (χ3n) is 5.27. The summed E-state index contributed by atoms with van der Waals surface area (Å²) in [7, 11) is 1.48. The van der Waals surface area contributed by atoms with E-state index in [-0.39, 0.29) is 17.5 Å². The molecule has 132 valence electrons. The van der Waals surface area contributed by atoms with Crippen molar-refractivity contribution < 1.29 is 13.9 Å². The van der Waals surface area contributed by atoms with Crippen LogP contribution in [0.2, 0.25) is 0 Å². The summed E-state index contributed by atoms with van der Waals surface area (Å²) < 4.78 is 19.5. The normalized spacial score (nSPS) is 21.9. The quantitative estimate of drug-likeness (QED) is 0.828. The van der Waals surface area contributed by atoms with Gasteiger partial charge >= 0.3 is 0 Å². The molecule has 0 radical (unpaired) electrons. The highest BCUT2D eigenvalue weighted by Gasteiger charge is 2.31. The first-order valence-corrected chi connectivity index (χ1v) is 9.06. The van der Waals surface area contributed by atoms with Crippen LogP contribution in [-0.4, -0.2) is 55.0 Å². The average Bonchev–Trinajstić information content (AvgIpc) is 3.13. The summed E-state index contributed by atoms with van der Waals surface area (Å²) in [5.41, 5.74) is 0.0769. The molecule has 2 fully saturated rings. The standard InChI is InChI=1S/C19H27FN2O2/c1-24-17-9-6-8-16(20)18(17)19(23)22-13-3-2-7-15(22)10-14-21-11-4-5-12-21/h6,8-9,15H,2-5,7,10-14H2,1H3/t15-/m0/s1. The Kier molecular flexibility index (Phi) is 5.72. The van der Waals surface area contributed by atoms with Crippen molar-refractivity contribution in [2.75, 3.05) is 33.3 Å². The van der Waals surface area contributed by atoms with Crippen molar-refractivity contribution in [3.05, 3.63) is 29.6 Å². The van der Waals surface area contributed by atoms with Crippen LogP contribution in [0.5, 0.6) is 5.75 Å². The van der Waals surface area contributed by atoms with E-state index in [1.54, 1.807) is 12.1 Å². The minimum absolute atomic E-state index is 0.0769. The number of likely N-dealkylation sites (tertiary alicyclic amines) is 2. The van der Waals surface area contributed by atoms with Crippen LogP contribution in [0.15, 0.2) is 18.2 Å². The van der Waals surface area contributed by atoms with Crippen LogP contribution in [-0.2, 0) is 0 Å². The monoisotopic (exact) mass is 334 g/mol. The number of amides is 1. The number of piperidine rings is 1. The third kappa shape index (κ3) is 3.72. The number of rotatable bonds is 5. The van der Waals surface area contributed by atoms with Crippen LogP contribution >= 0.6 is 0 Å². The zero-order valence-electron chi connectivity index (χ0n) is 14.5. The van der Waals surface area contributed by atoms with Gasteiger partial charge in [-0.25, -0.2) is 4.39 Å². The van der Waals surface area contributed by atoms with Gasteiger partial charge in [0.15, 0.2) is 0 Å². The lowest BCUT2D eigenvalue weighted by atomic mass is 9.97. The van der Waals surface area contributed by atoms with Crippen molar-refractivity contribution in [3.8, 4) is 5.75 Å². The minimum atomic E-state index is -0.497. The lowest BCUT2D eigenvalue weighted by molar-refractivity contribution is 0.0579. The molecule has 0 bridgehead atoms. The molecule has 3 rings (SSSR count). The van der Waals surface area contributed by atoms with Crippen LogP contribution in [0.3, 0.4) is 0 Å². The molecule has 0 aromatic heterocycles. The highest BCUT2D eigenvalue weighted by atomic mass is 19.1. The van der Waals surface area contributed by atoms with Gasteiger partial charge in [0.1, 0.15) is 17.1 Å². The van der Waals surface area contributed by atoms with Crippen LogP contribution in [0, 0.1) is 5.82 Å². The van der Waals surface area contributed by atoms with E-state index in [0.29, 0.717) is 12.3 Å². The molecule has 1 amide bonds. The van der Waals surface area contributed by atoms with Gasteiger partial charge in [-0.3, -0.25) is 4.79 Å². The summed E-state index contributed by atoms with van der Waals surface area (Å²) >= 11 is 0. The van der Waals surface area contributed by atoms with E-state index < -0.39 is 5.82 Å². The summed E-state index contributed by atoms with van der Waals surface area (Å²) in [6.45, 7) is 4.08. The predicted octanol–water partition coefficient (Wildman–Crippen LogP) is 3.31. The zero-order chi connectivity index (χ0) is 16.9. The third-order valence-corrected chi connectivity index (χ3v) is 5.27. The van der Waals surface area contributed by atoms with Gasteiger partial charge in [-0.15, -0.1) is 0 Å². The van der Waals surface area contributed by atoms with Crippen molar-refractivity contribution in [2.45, 2.75) is 44.6 Å². The van der Waals surface area contributed by atoms with Crippen LogP contribution < -0.4 is 4.74 Å². The van der Waals surface area contributed by atoms with E-state index in [0.717, 1.165) is 32.2 Å². The molecule has 0 N–H and O–H groups in total. The topological polar surface area (TPSA) is 32.8 Å². The maximum atomic E-state index is 14.3. The molecule has 24 heavy (non-hydrogen) atoms. The second-order valence-corrected chi connectivity index (χ2v) is 6.80. The van der Waals surface area contributed by atoms with E-state index in [1.807, 2.05) is 4.90 Å². The number of carbonyl (C=O) groups is 1. The molecule has 1 atom stereocenters. The fourth-order valence-corrected chi connectivity index (χ4v) is 3.93. The lowest BCUT2D eigenvalue weighted by Gasteiger charge is -2.37. The molecule has 0 saturated carbocycles. The molecule has 1 aromatic rings. The second kappa shape index (κ2) is 7.97. The Morgan fingerprint density at radius 1 is 1.21 bits per heavy atom. The molecule has 4 nitrogen and oxygen atoms in total. The number of methoxy groups -OCH3 is 1. The predicted molar refractivity (Wildman–Crippen MR) is 91.9 cm³/mol. The highest BCUT2D eigenvalue weighted by Crippen LogP contribution is 2.28. The van der Waals surface area contributed by atoms with Gasteiger partial charge in [0.25, 0.3) is 5.91 Å². The largest absolute Gasteiger partial charge is 0.496 e. The molecule has 0 unspecified atom stereocenters. The Balaban J connectivity index is 1.73. The Hall–Kier alpha value is -1.62. The molecule has 2 aliphatic rings. The SMILES string of the molecule is COc1cccc(F)c1C(=O)N1CCCC[C@H]1CCN1CCCC1. The molecule has 5 heteroatoms. The zero-order valence-corrected chi connectivity index (χ0v) is 14.5. The van der Waals surface area contributed by atoms with Crippen LogP contribution in [0.25, 0.3) is 0 Å². The second-order valence-electron chi connectivity index (χ2n) is 6.80. The number of hydrogen-bond acceptors (Lipinski definition) is 3. The Morgan fingerprint density at radius 2 is 1.96 bits per heavy atom. The fraction of sp³-hybridized carbons (Fsp3) is 0.632. The van der Waals surface area contributed by atoms with Crippen molar-refractivity contribution in [1.82, 2.24) is 9.80 Å². The summed E-state index contributed by atoms with van der Waals surface area (Å²) in [6.07, 6.45) is 6.67. The van der Waals surface area contributed by atoms with Gasteiger partial charge < -0.3 is 14.5 Å². The first-order chi connectivity index (χ1) is 11.7. The summed E-state index contributed by atoms with van der Waals surface area (Å²) in [5, 5.41) is 0. The van der Waals surface area contributed by atoms with E-state index in [2.05, 4.69) is 4.90 Å². The van der Waals surface area contributed by atoms with Gasteiger partial charge in [-0.1, -0.05) is 6.07 Å². The van der Waals surface area contributed by atoms with Crippen molar-refractivity contribution in [2.24, 2.45) is 0 Å². The summed E-state index contributed by atoms with van der Waals surface area (Å²) in [6, 6.07) is 4.76. The molecule has 2 aliphatic heterocycles. The molecule has 1 aromatic carbocycles. The van der Waals surface area contributed by atoms with Crippen molar-refractivity contribution >= 4 is 5.91 Å². The fourth-order valence-electron chi connectivity index (χ4n) is 3.93. The number of benzene rings is 1. The number of carbonyl (C=O) groups excluding carboxylic acids is 1. The number of nitrogens with zero attached hydrogens (tertiary/aromatic N) is 2. The Morgan fingerprint density at radius 3 is 2.71 bits per heavy atom. The molecule has 2 saturated heterocycles. The minimum Gasteiger partial charge on any atom is -0.496 e. The average molecular weight is 334 g/mol. The maximum Gasteiger partial charge on any atom is 0.260 e. The van der Waals surface area contributed by atoms with Crippen LogP contribution in [0.4, 0.5) is 4.39 Å². The number of ether oxygens (including phenoxy) is 1. The van der Waals surface area contributed by atoms with Crippen molar-refractivity contribution in [3.63, 3.8) is 0 Å². The smallest absolute Gasteiger partial charge is 0.260 e.